The highest BCUT2D eigenvalue weighted by molar-refractivity contribution is 6.32. The molecule has 134 valence electrons. The van der Waals surface area contributed by atoms with Crippen molar-refractivity contribution >= 4 is 28.5 Å². The summed E-state index contributed by atoms with van der Waals surface area (Å²) in [6.07, 6.45) is -0.759. The van der Waals surface area contributed by atoms with Gasteiger partial charge in [0.2, 0.25) is 0 Å². The molecule has 3 aromatic rings. The Bertz CT molecular complexity index is 998. The number of ether oxygens (including phenoxy) is 1. The fourth-order valence-electron chi connectivity index (χ4n) is 2.58. The standard InChI is InChI=1S/C20H18ClNO4/c1-12-8-19(23)26-17-10-18(16(21)9-15(12)17)25-13(2)20(24)22-11-14-6-4-3-5-7-14/h3-10,13H,11H2,1-2H3,(H,22,24)/t13-/m0/s1. The van der Waals surface area contributed by atoms with Crippen molar-refractivity contribution in [2.75, 3.05) is 0 Å². The molecule has 1 aromatic heterocycles. The number of rotatable bonds is 5. The Morgan fingerprint density at radius 1 is 1.23 bits per heavy atom. The Morgan fingerprint density at radius 2 is 1.96 bits per heavy atom. The van der Waals surface area contributed by atoms with Crippen LogP contribution in [0.5, 0.6) is 5.75 Å². The maximum absolute atomic E-state index is 12.3. The van der Waals surface area contributed by atoms with E-state index in [9.17, 15) is 9.59 Å². The van der Waals surface area contributed by atoms with Crippen molar-refractivity contribution in [3.63, 3.8) is 0 Å². The van der Waals surface area contributed by atoms with Crippen LogP contribution in [-0.4, -0.2) is 12.0 Å². The largest absolute Gasteiger partial charge is 0.479 e. The Hall–Kier alpha value is -2.79. The minimum absolute atomic E-state index is 0.268. The molecule has 3 rings (SSSR count). The van der Waals surface area contributed by atoms with Gasteiger partial charge in [0.15, 0.2) is 6.10 Å². The van der Waals surface area contributed by atoms with Crippen molar-refractivity contribution in [2.45, 2.75) is 26.5 Å². The van der Waals surface area contributed by atoms with Gasteiger partial charge in [-0.05, 0) is 31.0 Å². The number of amides is 1. The van der Waals surface area contributed by atoms with Gasteiger partial charge in [0, 0.05) is 24.1 Å². The predicted octanol–water partition coefficient (Wildman–Crippen LogP) is 3.84. The van der Waals surface area contributed by atoms with E-state index in [1.807, 2.05) is 30.3 Å². The second-order valence-corrected chi connectivity index (χ2v) is 6.40. The number of halogens is 1. The second kappa shape index (κ2) is 7.62. The number of carbonyl (C=O) groups is 1. The van der Waals surface area contributed by atoms with Crippen molar-refractivity contribution in [2.24, 2.45) is 0 Å². The highest BCUT2D eigenvalue weighted by Crippen LogP contribution is 2.31. The first kappa shape index (κ1) is 18.0. The van der Waals surface area contributed by atoms with Gasteiger partial charge in [-0.1, -0.05) is 41.9 Å². The normalized spacial score (nSPS) is 12.0. The van der Waals surface area contributed by atoms with Gasteiger partial charge >= 0.3 is 5.63 Å². The third-order valence-corrected chi connectivity index (χ3v) is 4.28. The van der Waals surface area contributed by atoms with Gasteiger partial charge in [-0.25, -0.2) is 4.79 Å². The van der Waals surface area contributed by atoms with E-state index in [4.69, 9.17) is 20.8 Å². The molecule has 0 aliphatic carbocycles. The molecule has 5 nitrogen and oxygen atoms in total. The fourth-order valence-corrected chi connectivity index (χ4v) is 2.79. The summed E-state index contributed by atoms with van der Waals surface area (Å²) in [4.78, 5) is 23.8. The minimum atomic E-state index is -0.759. The van der Waals surface area contributed by atoms with Gasteiger partial charge in [0.25, 0.3) is 5.91 Å². The second-order valence-electron chi connectivity index (χ2n) is 5.99. The fraction of sp³-hybridized carbons (Fsp3) is 0.200. The number of benzene rings is 2. The zero-order valence-corrected chi connectivity index (χ0v) is 15.2. The van der Waals surface area contributed by atoms with Crippen LogP contribution >= 0.6 is 11.6 Å². The van der Waals surface area contributed by atoms with E-state index < -0.39 is 11.7 Å². The van der Waals surface area contributed by atoms with Crippen LogP contribution in [0.25, 0.3) is 11.0 Å². The van der Waals surface area contributed by atoms with Crippen LogP contribution < -0.4 is 15.7 Å². The molecule has 0 unspecified atom stereocenters. The van der Waals surface area contributed by atoms with Crippen molar-refractivity contribution in [1.29, 1.82) is 0 Å². The van der Waals surface area contributed by atoms with E-state index in [2.05, 4.69) is 5.32 Å². The van der Waals surface area contributed by atoms with Crippen LogP contribution in [0.2, 0.25) is 5.02 Å². The van der Waals surface area contributed by atoms with Crippen LogP contribution in [-0.2, 0) is 11.3 Å². The molecule has 0 aliphatic rings. The lowest BCUT2D eigenvalue weighted by molar-refractivity contribution is -0.127. The monoisotopic (exact) mass is 371 g/mol. The number of carbonyl (C=O) groups excluding carboxylic acids is 1. The first-order valence-corrected chi connectivity index (χ1v) is 8.54. The molecule has 0 bridgehead atoms. The maximum atomic E-state index is 12.3. The molecule has 2 aromatic carbocycles. The molecule has 1 heterocycles. The zero-order valence-electron chi connectivity index (χ0n) is 14.4. The molecule has 0 radical (unpaired) electrons. The Kier molecular flexibility index (Phi) is 5.28. The molecule has 0 saturated carbocycles. The summed E-state index contributed by atoms with van der Waals surface area (Å²) in [5.41, 5.74) is 1.68. The average molecular weight is 372 g/mol. The van der Waals surface area contributed by atoms with Crippen LogP contribution in [0.3, 0.4) is 0 Å². The Morgan fingerprint density at radius 3 is 2.69 bits per heavy atom. The molecule has 1 N–H and O–H groups in total. The quantitative estimate of drug-likeness (QED) is 0.692. The zero-order chi connectivity index (χ0) is 18.7. The highest BCUT2D eigenvalue weighted by Gasteiger charge is 2.17. The minimum Gasteiger partial charge on any atom is -0.479 e. The van der Waals surface area contributed by atoms with Gasteiger partial charge < -0.3 is 14.5 Å². The maximum Gasteiger partial charge on any atom is 0.336 e. The lowest BCUT2D eigenvalue weighted by Crippen LogP contribution is -2.35. The van der Waals surface area contributed by atoms with E-state index in [0.29, 0.717) is 17.2 Å². The van der Waals surface area contributed by atoms with E-state index >= 15 is 0 Å². The topological polar surface area (TPSA) is 68.5 Å². The Labute approximate surface area is 155 Å². The molecular weight excluding hydrogens is 354 g/mol. The first-order chi connectivity index (χ1) is 12.4. The predicted molar refractivity (Wildman–Crippen MR) is 101 cm³/mol. The van der Waals surface area contributed by atoms with Crippen LogP contribution in [0.4, 0.5) is 0 Å². The van der Waals surface area contributed by atoms with Gasteiger partial charge in [0.1, 0.15) is 11.3 Å². The Balaban J connectivity index is 1.74. The number of aryl methyl sites for hydroxylation is 1. The molecule has 0 spiro atoms. The van der Waals surface area contributed by atoms with Crippen molar-refractivity contribution < 1.29 is 13.9 Å². The van der Waals surface area contributed by atoms with Crippen LogP contribution in [0, 0.1) is 6.92 Å². The van der Waals surface area contributed by atoms with Crippen molar-refractivity contribution in [3.05, 3.63) is 75.1 Å². The molecule has 6 heteroatoms. The van der Waals surface area contributed by atoms with Gasteiger partial charge in [-0.2, -0.15) is 0 Å². The van der Waals surface area contributed by atoms with Crippen molar-refractivity contribution in [3.8, 4) is 5.75 Å². The number of fused-ring (bicyclic) bond motifs is 1. The summed E-state index contributed by atoms with van der Waals surface area (Å²) in [6, 6.07) is 14.2. The van der Waals surface area contributed by atoms with E-state index in [-0.39, 0.29) is 11.7 Å². The van der Waals surface area contributed by atoms with Gasteiger partial charge in [0.05, 0.1) is 5.02 Å². The molecule has 0 fully saturated rings. The number of hydrogen-bond donors (Lipinski definition) is 1. The van der Waals surface area contributed by atoms with Gasteiger partial charge in [-0.3, -0.25) is 4.79 Å². The first-order valence-electron chi connectivity index (χ1n) is 8.16. The number of hydrogen-bond acceptors (Lipinski definition) is 4. The van der Waals surface area contributed by atoms with E-state index in [1.54, 1.807) is 19.9 Å². The van der Waals surface area contributed by atoms with Crippen LogP contribution in [0.15, 0.2) is 57.7 Å². The van der Waals surface area contributed by atoms with Crippen molar-refractivity contribution in [1.82, 2.24) is 5.32 Å². The summed E-state index contributed by atoms with van der Waals surface area (Å²) < 4.78 is 10.9. The smallest absolute Gasteiger partial charge is 0.336 e. The van der Waals surface area contributed by atoms with Gasteiger partial charge in [-0.15, -0.1) is 0 Å². The molecular formula is C20H18ClNO4. The summed E-state index contributed by atoms with van der Waals surface area (Å²) in [5, 5.41) is 3.88. The van der Waals surface area contributed by atoms with E-state index in [0.717, 1.165) is 16.5 Å². The third kappa shape index (κ3) is 4.06. The molecule has 26 heavy (non-hydrogen) atoms. The molecule has 0 aliphatic heterocycles. The third-order valence-electron chi connectivity index (χ3n) is 3.99. The summed E-state index contributed by atoms with van der Waals surface area (Å²) in [7, 11) is 0. The molecule has 1 atom stereocenters. The SMILES string of the molecule is Cc1cc(=O)oc2cc(O[C@@H](C)C(=O)NCc3ccccc3)c(Cl)cc12. The lowest BCUT2D eigenvalue weighted by atomic mass is 10.1. The summed E-state index contributed by atoms with van der Waals surface area (Å²) in [6.45, 7) is 3.84. The average Bonchev–Trinajstić information content (AvgIpc) is 2.62. The lowest BCUT2D eigenvalue weighted by Gasteiger charge is -2.16. The number of nitrogens with one attached hydrogen (secondary N) is 1. The van der Waals surface area contributed by atoms with E-state index in [1.165, 1.54) is 12.1 Å². The summed E-state index contributed by atoms with van der Waals surface area (Å²) >= 11 is 6.26. The van der Waals surface area contributed by atoms with Crippen LogP contribution in [0.1, 0.15) is 18.1 Å². The summed E-state index contributed by atoms with van der Waals surface area (Å²) in [5.74, 6) is 0.0194. The highest BCUT2D eigenvalue weighted by atomic mass is 35.5. The molecule has 1 amide bonds. The molecule has 0 saturated heterocycles.